The van der Waals surface area contributed by atoms with E-state index in [1.807, 2.05) is 42.5 Å². The molecule has 0 atom stereocenters. The number of thiazole rings is 1. The van der Waals surface area contributed by atoms with Crippen molar-refractivity contribution in [1.82, 2.24) is 14.6 Å². The van der Waals surface area contributed by atoms with Crippen LogP contribution in [0.4, 0.5) is 5.69 Å². The molecule has 0 radical (unpaired) electrons. The van der Waals surface area contributed by atoms with Crippen LogP contribution < -0.4 is 19.7 Å². The molecule has 0 fully saturated rings. The van der Waals surface area contributed by atoms with Crippen molar-refractivity contribution < 1.29 is 4.74 Å². The first-order chi connectivity index (χ1) is 14.1. The average Bonchev–Trinajstić information content (AvgIpc) is 3.30. The zero-order valence-corrected chi connectivity index (χ0v) is 17.4. The number of fused-ring (bicyclic) bond motifs is 1. The first kappa shape index (κ1) is 19.1. The third-order valence-corrected chi connectivity index (χ3v) is 5.81. The van der Waals surface area contributed by atoms with Crippen LogP contribution in [-0.4, -0.2) is 34.8 Å². The summed E-state index contributed by atoms with van der Waals surface area (Å²) >= 11 is 1.35. The highest BCUT2D eigenvalue weighted by molar-refractivity contribution is 7.15. The van der Waals surface area contributed by atoms with E-state index in [-0.39, 0.29) is 5.56 Å². The summed E-state index contributed by atoms with van der Waals surface area (Å²) in [6, 6.07) is 15.7. The van der Waals surface area contributed by atoms with Gasteiger partial charge in [-0.05, 0) is 61.9 Å². The van der Waals surface area contributed by atoms with Crippen LogP contribution in [0.5, 0.6) is 5.75 Å². The van der Waals surface area contributed by atoms with E-state index in [4.69, 9.17) is 4.74 Å². The van der Waals surface area contributed by atoms with Crippen molar-refractivity contribution in [3.63, 3.8) is 0 Å². The van der Waals surface area contributed by atoms with Crippen LogP contribution in [0.2, 0.25) is 0 Å². The third kappa shape index (κ3) is 3.73. The zero-order valence-electron chi connectivity index (χ0n) is 16.6. The molecular formula is C22H22N4O2S. The van der Waals surface area contributed by atoms with Crippen molar-refractivity contribution in [1.29, 1.82) is 0 Å². The van der Waals surface area contributed by atoms with Gasteiger partial charge in [-0.3, -0.25) is 4.79 Å². The van der Waals surface area contributed by atoms with Crippen LogP contribution in [0, 0.1) is 0 Å². The van der Waals surface area contributed by atoms with Crippen LogP contribution in [0.3, 0.4) is 0 Å². The highest BCUT2D eigenvalue weighted by atomic mass is 32.1. The molecule has 0 N–H and O–H groups in total. The molecule has 0 amide bonds. The molecule has 2 heterocycles. The maximum absolute atomic E-state index is 12.8. The lowest BCUT2D eigenvalue weighted by Gasteiger charge is -2.20. The molecule has 2 aromatic heterocycles. The molecule has 29 heavy (non-hydrogen) atoms. The van der Waals surface area contributed by atoms with Gasteiger partial charge >= 0.3 is 0 Å². The molecule has 0 aliphatic heterocycles. The molecular weight excluding hydrogens is 384 g/mol. The Morgan fingerprint density at radius 3 is 2.34 bits per heavy atom. The number of aromatic nitrogens is 3. The Morgan fingerprint density at radius 1 is 1.07 bits per heavy atom. The summed E-state index contributed by atoms with van der Waals surface area (Å²) in [5.74, 6) is 1.30. The first-order valence-electron chi connectivity index (χ1n) is 9.53. The van der Waals surface area contributed by atoms with E-state index in [0.29, 0.717) is 15.3 Å². The van der Waals surface area contributed by atoms with Gasteiger partial charge in [0.1, 0.15) is 5.75 Å². The molecule has 7 heteroatoms. The molecule has 4 rings (SSSR count). The second kappa shape index (κ2) is 8.05. The summed E-state index contributed by atoms with van der Waals surface area (Å²) in [5, 5.41) is 4.40. The summed E-state index contributed by atoms with van der Waals surface area (Å²) < 4.78 is 7.17. The van der Waals surface area contributed by atoms with E-state index in [2.05, 4.69) is 41.0 Å². The van der Waals surface area contributed by atoms with Crippen molar-refractivity contribution in [2.45, 2.75) is 13.8 Å². The SMILES string of the molecule is CCN(CC)c1ccc(C=c2sc3nc(-c4ccc(OC)cc4)nn3c2=O)cc1. The van der Waals surface area contributed by atoms with Gasteiger partial charge in [-0.25, -0.2) is 0 Å². The zero-order chi connectivity index (χ0) is 20.4. The lowest BCUT2D eigenvalue weighted by atomic mass is 10.2. The molecule has 0 aliphatic rings. The Hall–Kier alpha value is -3.19. The van der Waals surface area contributed by atoms with Crippen LogP contribution in [0.15, 0.2) is 53.3 Å². The van der Waals surface area contributed by atoms with E-state index >= 15 is 0 Å². The molecule has 0 bridgehead atoms. The predicted molar refractivity (Wildman–Crippen MR) is 118 cm³/mol. The molecule has 4 aromatic rings. The normalized spacial score (nSPS) is 11.9. The molecule has 0 aliphatic carbocycles. The number of benzene rings is 2. The number of hydrogen-bond acceptors (Lipinski definition) is 6. The summed E-state index contributed by atoms with van der Waals surface area (Å²) in [5.41, 5.74) is 2.86. The van der Waals surface area contributed by atoms with Gasteiger partial charge in [0.05, 0.1) is 11.6 Å². The molecule has 0 spiro atoms. The number of anilines is 1. The predicted octanol–water partition coefficient (Wildman–Crippen LogP) is 3.22. The van der Waals surface area contributed by atoms with E-state index in [0.717, 1.165) is 30.0 Å². The lowest BCUT2D eigenvalue weighted by molar-refractivity contribution is 0.415. The summed E-state index contributed by atoms with van der Waals surface area (Å²) in [7, 11) is 1.62. The number of methoxy groups -OCH3 is 1. The third-order valence-electron chi connectivity index (χ3n) is 4.85. The van der Waals surface area contributed by atoms with E-state index in [9.17, 15) is 4.79 Å². The second-order valence-electron chi connectivity index (χ2n) is 6.54. The lowest BCUT2D eigenvalue weighted by Crippen LogP contribution is -2.23. The van der Waals surface area contributed by atoms with Crippen LogP contribution in [0.25, 0.3) is 22.4 Å². The van der Waals surface area contributed by atoms with Gasteiger partial charge in [0.2, 0.25) is 4.96 Å². The minimum atomic E-state index is -0.148. The molecule has 0 saturated carbocycles. The summed E-state index contributed by atoms with van der Waals surface area (Å²) in [6.45, 7) is 6.22. The van der Waals surface area contributed by atoms with Crippen LogP contribution in [0.1, 0.15) is 19.4 Å². The van der Waals surface area contributed by atoms with E-state index in [1.54, 1.807) is 7.11 Å². The number of nitrogens with zero attached hydrogens (tertiary/aromatic N) is 4. The maximum atomic E-state index is 12.8. The van der Waals surface area contributed by atoms with Gasteiger partial charge in [0.15, 0.2) is 5.82 Å². The van der Waals surface area contributed by atoms with Crippen molar-refractivity contribution in [3.05, 3.63) is 69.0 Å². The molecule has 0 saturated heterocycles. The van der Waals surface area contributed by atoms with Crippen LogP contribution in [-0.2, 0) is 0 Å². The van der Waals surface area contributed by atoms with Gasteiger partial charge < -0.3 is 9.64 Å². The fraction of sp³-hybridized carbons (Fsp3) is 0.227. The summed E-state index contributed by atoms with van der Waals surface area (Å²) in [4.78, 5) is 20.2. The van der Waals surface area contributed by atoms with Gasteiger partial charge in [0, 0.05) is 24.3 Å². The molecule has 2 aromatic carbocycles. The fourth-order valence-electron chi connectivity index (χ4n) is 3.22. The molecule has 0 unspecified atom stereocenters. The standard InChI is InChI=1S/C22H22N4O2S/c1-4-25(5-2)17-10-6-15(7-11-17)14-19-21(27)26-22(29-19)23-20(24-26)16-8-12-18(28-3)13-9-16/h6-14H,4-5H2,1-3H3. The Bertz CT molecular complexity index is 1220. The van der Waals surface area contributed by atoms with Crippen molar-refractivity contribution in [2.24, 2.45) is 0 Å². The van der Waals surface area contributed by atoms with Crippen LogP contribution >= 0.6 is 11.3 Å². The number of rotatable bonds is 6. The Morgan fingerprint density at radius 2 is 1.76 bits per heavy atom. The Balaban J connectivity index is 1.66. The van der Waals surface area contributed by atoms with Crippen molar-refractivity contribution in [2.75, 3.05) is 25.1 Å². The first-order valence-corrected chi connectivity index (χ1v) is 10.3. The van der Waals surface area contributed by atoms with Gasteiger partial charge in [0.25, 0.3) is 5.56 Å². The highest BCUT2D eigenvalue weighted by Gasteiger charge is 2.12. The largest absolute Gasteiger partial charge is 0.497 e. The molecule has 6 nitrogen and oxygen atoms in total. The van der Waals surface area contributed by atoms with E-state index in [1.165, 1.54) is 21.5 Å². The van der Waals surface area contributed by atoms with Crippen molar-refractivity contribution in [3.8, 4) is 17.1 Å². The number of hydrogen-bond donors (Lipinski definition) is 0. The second-order valence-corrected chi connectivity index (χ2v) is 7.55. The highest BCUT2D eigenvalue weighted by Crippen LogP contribution is 2.20. The van der Waals surface area contributed by atoms with Crippen molar-refractivity contribution >= 4 is 28.1 Å². The van der Waals surface area contributed by atoms with Gasteiger partial charge in [-0.15, -0.1) is 5.10 Å². The minimum absolute atomic E-state index is 0.148. The fourth-order valence-corrected chi connectivity index (χ4v) is 4.13. The van der Waals surface area contributed by atoms with Gasteiger partial charge in [-0.2, -0.15) is 9.50 Å². The Labute approximate surface area is 172 Å². The van der Waals surface area contributed by atoms with Gasteiger partial charge in [-0.1, -0.05) is 23.5 Å². The Kier molecular flexibility index (Phi) is 5.31. The average molecular weight is 407 g/mol. The smallest absolute Gasteiger partial charge is 0.291 e. The number of ether oxygens (including phenoxy) is 1. The topological polar surface area (TPSA) is 59.7 Å². The molecule has 148 valence electrons. The monoisotopic (exact) mass is 406 g/mol. The van der Waals surface area contributed by atoms with E-state index < -0.39 is 0 Å². The maximum Gasteiger partial charge on any atom is 0.291 e. The minimum Gasteiger partial charge on any atom is -0.497 e. The quantitative estimate of drug-likeness (QED) is 0.492. The summed E-state index contributed by atoms with van der Waals surface area (Å²) in [6.07, 6.45) is 1.89.